The average Bonchev–Trinajstić information content (AvgIpc) is 2.87. The molecule has 0 bridgehead atoms. The molecule has 0 saturated carbocycles. The summed E-state index contributed by atoms with van der Waals surface area (Å²) in [6.07, 6.45) is 1.24. The van der Waals surface area contributed by atoms with Crippen LogP contribution < -0.4 is 9.50 Å². The third-order valence-corrected chi connectivity index (χ3v) is 5.99. The number of carbonyl (C=O) groups excluding carboxylic acids is 2. The second kappa shape index (κ2) is 11.6. The van der Waals surface area contributed by atoms with Gasteiger partial charge in [-0.05, 0) is 67.1 Å². The number of carbonyl (C=O) groups is 2. The smallest absolute Gasteiger partial charge is 0.339 e. The first-order valence-corrected chi connectivity index (χ1v) is 12.0. The van der Waals surface area contributed by atoms with E-state index >= 15 is 0 Å². The van der Waals surface area contributed by atoms with Gasteiger partial charge in [-0.25, -0.2) is 4.79 Å². The minimum Gasteiger partial charge on any atom is -0.462 e. The molecule has 3 aromatic rings. The van der Waals surface area contributed by atoms with Gasteiger partial charge < -0.3 is 14.2 Å². The third-order valence-electron chi connectivity index (χ3n) is 4.73. The van der Waals surface area contributed by atoms with Crippen LogP contribution in [-0.4, -0.2) is 31.8 Å². The van der Waals surface area contributed by atoms with E-state index in [0.29, 0.717) is 16.8 Å². The van der Waals surface area contributed by atoms with Crippen LogP contribution in [0.2, 0.25) is 0 Å². The standard InChI is InChI=1S/C25H19N3O8S/c1-2-35-25(30)18-6-8-20(9-7-18)27-24(29)19(16-26)14-17-4-3-5-22(15-17)36-37(33,34)23-12-10-21(11-13-23)28(31)32/h3-15H,2H2,1H3,(H,27,29)/b19-14+. The first-order valence-electron chi connectivity index (χ1n) is 10.6. The van der Waals surface area contributed by atoms with E-state index in [9.17, 15) is 33.4 Å². The van der Waals surface area contributed by atoms with Gasteiger partial charge in [0.1, 0.15) is 22.3 Å². The number of benzene rings is 3. The number of nitrogens with zero attached hydrogens (tertiary/aromatic N) is 2. The molecule has 0 heterocycles. The maximum absolute atomic E-state index is 12.6. The molecule has 0 aromatic heterocycles. The molecule has 1 N–H and O–H groups in total. The Morgan fingerprint density at radius 1 is 1.08 bits per heavy atom. The van der Waals surface area contributed by atoms with Crippen LogP contribution in [0.5, 0.6) is 5.75 Å². The number of amides is 1. The van der Waals surface area contributed by atoms with Crippen molar-refractivity contribution >= 4 is 39.4 Å². The van der Waals surface area contributed by atoms with Crippen molar-refractivity contribution in [3.8, 4) is 11.8 Å². The summed E-state index contributed by atoms with van der Waals surface area (Å²) >= 11 is 0. The lowest BCUT2D eigenvalue weighted by Gasteiger charge is -2.08. The number of anilines is 1. The van der Waals surface area contributed by atoms with Crippen LogP contribution in [0.15, 0.2) is 83.3 Å². The Hall–Kier alpha value is -5.02. The van der Waals surface area contributed by atoms with Crippen LogP contribution >= 0.6 is 0 Å². The Kier molecular flexibility index (Phi) is 8.34. The number of nitrogens with one attached hydrogen (secondary N) is 1. The quantitative estimate of drug-likeness (QED) is 0.109. The minimum atomic E-state index is -4.30. The second-order valence-corrected chi connectivity index (χ2v) is 8.83. The summed E-state index contributed by atoms with van der Waals surface area (Å²) in [7, 11) is -4.30. The van der Waals surface area contributed by atoms with Crippen molar-refractivity contribution in [2.75, 3.05) is 11.9 Å². The maximum Gasteiger partial charge on any atom is 0.339 e. The maximum atomic E-state index is 12.6. The van der Waals surface area contributed by atoms with Crippen LogP contribution in [0.4, 0.5) is 11.4 Å². The number of nitro benzene ring substituents is 1. The number of nitriles is 1. The summed E-state index contributed by atoms with van der Waals surface area (Å²) in [4.78, 5) is 34.1. The Balaban J connectivity index is 1.74. The van der Waals surface area contributed by atoms with Crippen LogP contribution in [0.1, 0.15) is 22.8 Å². The number of esters is 1. The van der Waals surface area contributed by atoms with Gasteiger partial charge in [0.25, 0.3) is 11.6 Å². The molecule has 37 heavy (non-hydrogen) atoms. The van der Waals surface area contributed by atoms with Gasteiger partial charge in [0, 0.05) is 17.8 Å². The van der Waals surface area contributed by atoms with Crippen molar-refractivity contribution in [3.63, 3.8) is 0 Å². The van der Waals surface area contributed by atoms with E-state index in [4.69, 9.17) is 8.92 Å². The molecule has 0 unspecified atom stereocenters. The highest BCUT2D eigenvalue weighted by atomic mass is 32.2. The molecule has 0 aliphatic heterocycles. The van der Waals surface area contributed by atoms with Crippen molar-refractivity contribution in [2.45, 2.75) is 11.8 Å². The Bertz CT molecular complexity index is 1510. The zero-order valence-electron chi connectivity index (χ0n) is 19.3. The van der Waals surface area contributed by atoms with E-state index in [-0.39, 0.29) is 28.5 Å². The first kappa shape index (κ1) is 26.6. The molecule has 0 atom stereocenters. The van der Waals surface area contributed by atoms with Gasteiger partial charge in [0.2, 0.25) is 0 Å². The van der Waals surface area contributed by atoms with Crippen LogP contribution in [0, 0.1) is 21.4 Å². The molecule has 0 spiro atoms. The molecule has 0 aliphatic rings. The molecular weight excluding hydrogens is 502 g/mol. The molecule has 1 amide bonds. The lowest BCUT2D eigenvalue weighted by Crippen LogP contribution is -2.13. The molecule has 3 aromatic carbocycles. The monoisotopic (exact) mass is 521 g/mol. The fraction of sp³-hybridized carbons (Fsp3) is 0.0800. The summed E-state index contributed by atoms with van der Waals surface area (Å²) in [5.41, 5.74) is 0.399. The summed E-state index contributed by atoms with van der Waals surface area (Å²) in [5, 5.41) is 22.8. The Labute approximate surface area is 211 Å². The average molecular weight is 522 g/mol. The highest BCUT2D eigenvalue weighted by molar-refractivity contribution is 7.87. The van der Waals surface area contributed by atoms with Gasteiger partial charge in [-0.1, -0.05) is 12.1 Å². The normalized spacial score (nSPS) is 11.2. The van der Waals surface area contributed by atoms with Gasteiger partial charge in [-0.2, -0.15) is 13.7 Å². The zero-order chi connectivity index (χ0) is 27.0. The van der Waals surface area contributed by atoms with Gasteiger partial charge in [-0.3, -0.25) is 14.9 Å². The van der Waals surface area contributed by atoms with Crippen molar-refractivity contribution < 1.29 is 31.9 Å². The van der Waals surface area contributed by atoms with Crippen molar-refractivity contribution in [1.82, 2.24) is 0 Å². The highest BCUT2D eigenvalue weighted by Crippen LogP contribution is 2.23. The van der Waals surface area contributed by atoms with Crippen molar-refractivity contribution in [2.24, 2.45) is 0 Å². The number of rotatable bonds is 9. The van der Waals surface area contributed by atoms with Crippen LogP contribution in [-0.2, 0) is 19.6 Å². The predicted molar refractivity (Wildman–Crippen MR) is 132 cm³/mol. The van der Waals surface area contributed by atoms with E-state index in [1.807, 2.05) is 0 Å². The van der Waals surface area contributed by atoms with Crippen LogP contribution in [0.3, 0.4) is 0 Å². The Morgan fingerprint density at radius 3 is 2.35 bits per heavy atom. The summed E-state index contributed by atoms with van der Waals surface area (Å²) in [6.45, 7) is 1.91. The third kappa shape index (κ3) is 7.00. The van der Waals surface area contributed by atoms with E-state index in [1.165, 1.54) is 54.6 Å². The van der Waals surface area contributed by atoms with Crippen molar-refractivity contribution in [3.05, 3.63) is 99.6 Å². The van der Waals surface area contributed by atoms with E-state index in [2.05, 4.69) is 5.32 Å². The lowest BCUT2D eigenvalue weighted by molar-refractivity contribution is -0.384. The summed E-state index contributed by atoms with van der Waals surface area (Å²) in [6, 6.07) is 17.5. The van der Waals surface area contributed by atoms with E-state index < -0.39 is 26.9 Å². The molecule has 0 aliphatic carbocycles. The number of non-ortho nitro benzene ring substituents is 1. The van der Waals surface area contributed by atoms with Crippen LogP contribution in [0.25, 0.3) is 6.08 Å². The minimum absolute atomic E-state index is 0.0978. The number of hydrogen-bond acceptors (Lipinski definition) is 9. The van der Waals surface area contributed by atoms with Crippen molar-refractivity contribution in [1.29, 1.82) is 5.26 Å². The lowest BCUT2D eigenvalue weighted by atomic mass is 10.1. The van der Waals surface area contributed by atoms with Gasteiger partial charge in [-0.15, -0.1) is 0 Å². The highest BCUT2D eigenvalue weighted by Gasteiger charge is 2.19. The predicted octanol–water partition coefficient (Wildman–Crippen LogP) is 4.08. The number of hydrogen-bond donors (Lipinski definition) is 1. The van der Waals surface area contributed by atoms with E-state index in [0.717, 1.165) is 24.3 Å². The molecular formula is C25H19N3O8S. The molecule has 12 heteroatoms. The zero-order valence-corrected chi connectivity index (χ0v) is 20.1. The van der Waals surface area contributed by atoms with Gasteiger partial charge in [0.05, 0.1) is 17.1 Å². The molecule has 188 valence electrons. The topological polar surface area (TPSA) is 166 Å². The number of ether oxygens (including phenoxy) is 1. The first-order chi connectivity index (χ1) is 17.6. The molecule has 0 fully saturated rings. The fourth-order valence-corrected chi connectivity index (χ4v) is 3.91. The molecule has 3 rings (SSSR count). The fourth-order valence-electron chi connectivity index (χ4n) is 2.98. The van der Waals surface area contributed by atoms with E-state index in [1.54, 1.807) is 13.0 Å². The molecule has 11 nitrogen and oxygen atoms in total. The van der Waals surface area contributed by atoms with Gasteiger partial charge >= 0.3 is 16.1 Å². The number of nitro groups is 1. The Morgan fingerprint density at radius 2 is 1.76 bits per heavy atom. The SMILES string of the molecule is CCOC(=O)c1ccc(NC(=O)/C(C#N)=C/c2cccc(OS(=O)(=O)c3ccc([N+](=O)[O-])cc3)c2)cc1. The molecule has 0 radical (unpaired) electrons. The largest absolute Gasteiger partial charge is 0.462 e. The molecule has 0 saturated heterocycles. The summed E-state index contributed by atoms with van der Waals surface area (Å²) in [5.74, 6) is -1.33. The second-order valence-electron chi connectivity index (χ2n) is 7.28. The van der Waals surface area contributed by atoms with Gasteiger partial charge in [0.15, 0.2) is 0 Å². The summed E-state index contributed by atoms with van der Waals surface area (Å²) < 4.78 is 35.1.